The van der Waals surface area contributed by atoms with Crippen LogP contribution in [0.25, 0.3) is 22.3 Å². The van der Waals surface area contributed by atoms with Crippen molar-refractivity contribution in [1.82, 2.24) is 14.9 Å². The zero-order valence-corrected chi connectivity index (χ0v) is 19.4. The molecule has 1 fully saturated rings. The number of benzene rings is 1. The van der Waals surface area contributed by atoms with Crippen LogP contribution in [0.2, 0.25) is 0 Å². The number of carbonyl (C=O) groups excluding carboxylic acids is 1. The van der Waals surface area contributed by atoms with E-state index in [2.05, 4.69) is 11.4 Å². The third-order valence-electron chi connectivity index (χ3n) is 7.89. The molecule has 3 aromatic rings. The van der Waals surface area contributed by atoms with E-state index in [-0.39, 0.29) is 18.6 Å². The summed E-state index contributed by atoms with van der Waals surface area (Å²) in [4.78, 5) is 30.9. The molecule has 0 unspecified atom stereocenters. The number of pyridine rings is 2. The highest BCUT2D eigenvalue weighted by Gasteiger charge is 2.45. The Morgan fingerprint density at radius 1 is 1.18 bits per heavy atom. The Hall–Kier alpha value is -3.03. The molecule has 3 aliphatic rings. The zero-order valence-electron chi connectivity index (χ0n) is 19.4. The van der Waals surface area contributed by atoms with E-state index in [0.29, 0.717) is 29.4 Å². The number of rotatable bonds is 4. The van der Waals surface area contributed by atoms with Gasteiger partial charge < -0.3 is 19.7 Å². The Bertz CT molecular complexity index is 1370. The molecule has 0 saturated heterocycles. The van der Waals surface area contributed by atoms with E-state index in [1.165, 1.54) is 37.7 Å². The minimum absolute atomic E-state index is 0.114. The van der Waals surface area contributed by atoms with E-state index in [1.54, 1.807) is 17.6 Å². The number of ether oxygens (including phenoxy) is 1. The second kappa shape index (κ2) is 8.03. The van der Waals surface area contributed by atoms with E-state index < -0.39 is 11.6 Å². The van der Waals surface area contributed by atoms with Crippen LogP contribution in [0.5, 0.6) is 0 Å². The number of esters is 1. The first-order valence-electron chi connectivity index (χ1n) is 12.3. The van der Waals surface area contributed by atoms with Crippen LogP contribution in [-0.4, -0.2) is 26.7 Å². The minimum Gasteiger partial charge on any atom is -0.458 e. The molecule has 4 heterocycles. The molecule has 1 saturated carbocycles. The van der Waals surface area contributed by atoms with Gasteiger partial charge in [-0.15, -0.1) is 0 Å². The fourth-order valence-electron chi connectivity index (χ4n) is 5.87. The number of nitrogens with zero attached hydrogens (tertiary/aromatic N) is 2. The summed E-state index contributed by atoms with van der Waals surface area (Å²) in [6, 6.07) is 10.4. The molecule has 34 heavy (non-hydrogen) atoms. The molecule has 6 rings (SSSR count). The molecule has 0 amide bonds. The number of hydrogen-bond acceptors (Lipinski definition) is 6. The number of cyclic esters (lactones) is 1. The van der Waals surface area contributed by atoms with Crippen LogP contribution in [0.4, 0.5) is 0 Å². The SMILES string of the molecule is CC[C@@]1(O)C(=O)OCc2c1cc1n(c2=O)Cc2c-1nc1ccccc1c2CNC1CCCCC1. The largest absolute Gasteiger partial charge is 0.458 e. The van der Waals surface area contributed by atoms with Gasteiger partial charge in [0.1, 0.15) is 6.61 Å². The van der Waals surface area contributed by atoms with Crippen molar-refractivity contribution >= 4 is 16.9 Å². The number of aromatic nitrogens is 2. The Balaban J connectivity index is 1.51. The number of aliphatic hydroxyl groups is 1. The molecular formula is C27H29N3O4. The highest BCUT2D eigenvalue weighted by atomic mass is 16.6. The molecule has 1 aliphatic carbocycles. The van der Waals surface area contributed by atoms with Crippen molar-refractivity contribution in [2.24, 2.45) is 0 Å². The van der Waals surface area contributed by atoms with E-state index in [9.17, 15) is 14.7 Å². The summed E-state index contributed by atoms with van der Waals surface area (Å²) in [7, 11) is 0. The third kappa shape index (κ3) is 3.14. The van der Waals surface area contributed by atoms with Crippen molar-refractivity contribution in [3.63, 3.8) is 0 Å². The Labute approximate surface area is 197 Å². The molecule has 7 nitrogen and oxygen atoms in total. The van der Waals surface area contributed by atoms with Gasteiger partial charge in [0.15, 0.2) is 5.60 Å². The second-order valence-electron chi connectivity index (χ2n) is 9.75. The topological polar surface area (TPSA) is 93.5 Å². The molecule has 0 radical (unpaired) electrons. The number of nitrogens with one attached hydrogen (secondary N) is 1. The van der Waals surface area contributed by atoms with E-state index in [1.807, 2.05) is 18.2 Å². The number of hydrogen-bond donors (Lipinski definition) is 2. The van der Waals surface area contributed by atoms with Gasteiger partial charge in [-0.3, -0.25) is 4.79 Å². The highest BCUT2D eigenvalue weighted by Crippen LogP contribution is 2.40. The van der Waals surface area contributed by atoms with Gasteiger partial charge in [-0.25, -0.2) is 9.78 Å². The predicted octanol–water partition coefficient (Wildman–Crippen LogP) is 3.50. The number of carbonyl (C=O) groups is 1. The Kier molecular flexibility index (Phi) is 5.08. The van der Waals surface area contributed by atoms with Gasteiger partial charge in [0.25, 0.3) is 5.56 Å². The minimum atomic E-state index is -1.81. The highest BCUT2D eigenvalue weighted by molar-refractivity contribution is 5.89. The average molecular weight is 460 g/mol. The van der Waals surface area contributed by atoms with Gasteiger partial charge in [-0.2, -0.15) is 0 Å². The van der Waals surface area contributed by atoms with Gasteiger partial charge in [-0.1, -0.05) is 44.4 Å². The van der Waals surface area contributed by atoms with Gasteiger partial charge in [-0.05, 0) is 37.0 Å². The Morgan fingerprint density at radius 2 is 1.97 bits per heavy atom. The first-order chi connectivity index (χ1) is 16.5. The van der Waals surface area contributed by atoms with Crippen molar-refractivity contribution in [3.8, 4) is 11.4 Å². The van der Waals surface area contributed by atoms with Crippen molar-refractivity contribution < 1.29 is 14.6 Å². The zero-order chi connectivity index (χ0) is 23.4. The summed E-state index contributed by atoms with van der Waals surface area (Å²) in [5, 5.41) is 16.0. The summed E-state index contributed by atoms with van der Waals surface area (Å²) in [5.74, 6) is -0.700. The molecule has 1 aromatic carbocycles. The maximum Gasteiger partial charge on any atom is 0.343 e. The summed E-state index contributed by atoms with van der Waals surface area (Å²) in [6.07, 6.45) is 6.37. The lowest BCUT2D eigenvalue weighted by atomic mass is 9.86. The molecule has 0 bridgehead atoms. The number of para-hydroxylation sites is 1. The lowest BCUT2D eigenvalue weighted by Gasteiger charge is -2.31. The van der Waals surface area contributed by atoms with Gasteiger partial charge in [0.05, 0.1) is 29.0 Å². The van der Waals surface area contributed by atoms with Gasteiger partial charge >= 0.3 is 5.97 Å². The van der Waals surface area contributed by atoms with E-state index in [4.69, 9.17) is 9.72 Å². The third-order valence-corrected chi connectivity index (χ3v) is 7.89. The van der Waals surface area contributed by atoms with Gasteiger partial charge in [0.2, 0.25) is 0 Å². The summed E-state index contributed by atoms with van der Waals surface area (Å²) in [6.45, 7) is 2.75. The molecule has 0 spiro atoms. The summed E-state index contributed by atoms with van der Waals surface area (Å²) < 4.78 is 6.91. The summed E-state index contributed by atoms with van der Waals surface area (Å²) in [5.41, 5.74) is 3.18. The van der Waals surface area contributed by atoms with Crippen LogP contribution in [0.15, 0.2) is 35.1 Å². The van der Waals surface area contributed by atoms with Crippen LogP contribution in [0.3, 0.4) is 0 Å². The van der Waals surface area contributed by atoms with E-state index >= 15 is 0 Å². The predicted molar refractivity (Wildman–Crippen MR) is 128 cm³/mol. The maximum atomic E-state index is 13.5. The molecular weight excluding hydrogens is 430 g/mol. The van der Waals surface area contributed by atoms with Crippen LogP contribution in [-0.2, 0) is 34.8 Å². The van der Waals surface area contributed by atoms with Crippen molar-refractivity contribution in [2.45, 2.75) is 76.8 Å². The van der Waals surface area contributed by atoms with Gasteiger partial charge in [0, 0.05) is 29.1 Å². The fraction of sp³-hybridized carbons (Fsp3) is 0.444. The standard InChI is InChI=1S/C27H29N3O4/c1-2-27(33)21-12-23-24-19(14-30(23)25(31)20(21)15-34-26(27)32)18(13-28-16-8-4-3-5-9-16)17-10-6-7-11-22(17)29-24/h6-7,10-12,16,28,33H,2-5,8-9,13-15H2,1H3/t27-/m0/s1. The van der Waals surface area contributed by atoms with Crippen LogP contribution in [0.1, 0.15) is 67.7 Å². The van der Waals surface area contributed by atoms with Crippen molar-refractivity contribution in [1.29, 1.82) is 0 Å². The van der Waals surface area contributed by atoms with Crippen molar-refractivity contribution in [2.75, 3.05) is 0 Å². The Morgan fingerprint density at radius 3 is 2.76 bits per heavy atom. The van der Waals surface area contributed by atoms with Crippen molar-refractivity contribution in [3.05, 3.63) is 62.9 Å². The molecule has 2 aliphatic heterocycles. The number of fused-ring (bicyclic) bond motifs is 5. The van der Waals surface area contributed by atoms with Crippen LogP contribution in [0, 0.1) is 0 Å². The first kappa shape index (κ1) is 21.5. The molecule has 176 valence electrons. The molecule has 2 N–H and O–H groups in total. The monoisotopic (exact) mass is 459 g/mol. The lowest BCUT2D eigenvalue weighted by Crippen LogP contribution is -2.44. The summed E-state index contributed by atoms with van der Waals surface area (Å²) >= 11 is 0. The smallest absolute Gasteiger partial charge is 0.343 e. The van der Waals surface area contributed by atoms with E-state index in [0.717, 1.165) is 28.7 Å². The maximum absolute atomic E-state index is 13.5. The molecule has 1 atom stereocenters. The second-order valence-corrected chi connectivity index (χ2v) is 9.75. The average Bonchev–Trinajstić information content (AvgIpc) is 3.24. The molecule has 2 aromatic heterocycles. The van der Waals surface area contributed by atoms with Crippen LogP contribution < -0.4 is 10.9 Å². The quantitative estimate of drug-likeness (QED) is 0.454. The lowest BCUT2D eigenvalue weighted by molar-refractivity contribution is -0.172. The first-order valence-corrected chi connectivity index (χ1v) is 12.3. The molecule has 7 heteroatoms. The van der Waals surface area contributed by atoms with Crippen LogP contribution >= 0.6 is 0 Å². The normalized spacial score (nSPS) is 21.8. The fourth-order valence-corrected chi connectivity index (χ4v) is 5.87.